The smallest absolute Gasteiger partial charge is 0.322 e. The van der Waals surface area contributed by atoms with Crippen molar-refractivity contribution in [2.75, 3.05) is 38.7 Å². The molecule has 4 N–H and O–H groups in total. The Bertz CT molecular complexity index is 1640. The summed E-state index contributed by atoms with van der Waals surface area (Å²) in [7, 11) is 1.56. The fraction of sp³-hybridized carbons (Fsp3) is 0.208. The van der Waals surface area contributed by atoms with Crippen molar-refractivity contribution in [1.82, 2.24) is 45.3 Å². The molecule has 0 saturated carbocycles. The molecule has 186 valence electrons. The van der Waals surface area contributed by atoms with Gasteiger partial charge in [-0.05, 0) is 12.1 Å². The van der Waals surface area contributed by atoms with E-state index < -0.39 is 0 Å². The number of carbonyl (C=O) groups excluding carboxylic acids is 2. The van der Waals surface area contributed by atoms with Gasteiger partial charge in [0, 0.05) is 49.9 Å². The number of nitrogens with one attached hydrogen (secondary N) is 4. The molecule has 1 aliphatic heterocycles. The Hall–Kier alpha value is -4.91. The van der Waals surface area contributed by atoms with Crippen LogP contribution in [-0.4, -0.2) is 85.3 Å². The summed E-state index contributed by atoms with van der Waals surface area (Å²) < 4.78 is 5.31. The molecule has 1 aliphatic rings. The number of nitrogens with zero attached hydrogens (tertiary/aromatic N) is 6. The van der Waals surface area contributed by atoms with Gasteiger partial charge in [0.15, 0.2) is 11.5 Å². The molecule has 6 rings (SSSR count). The third-order valence-corrected chi connectivity index (χ3v) is 6.13. The number of amides is 3. The van der Waals surface area contributed by atoms with E-state index in [1.807, 2.05) is 12.1 Å². The van der Waals surface area contributed by atoms with Crippen molar-refractivity contribution in [3.63, 3.8) is 0 Å². The molecule has 0 spiro atoms. The highest BCUT2D eigenvalue weighted by Crippen LogP contribution is 2.30. The average Bonchev–Trinajstić information content (AvgIpc) is 3.57. The fourth-order valence-corrected chi connectivity index (χ4v) is 4.23. The number of carbonyl (C=O) groups is 2. The molecular formula is C24H22N10O3. The molecule has 0 radical (unpaired) electrons. The number of hydrogen-bond acceptors (Lipinski definition) is 8. The van der Waals surface area contributed by atoms with Gasteiger partial charge in [-0.25, -0.2) is 14.8 Å². The highest BCUT2D eigenvalue weighted by Gasteiger charge is 2.19. The Balaban J connectivity index is 1.33. The number of morpholine rings is 1. The van der Waals surface area contributed by atoms with E-state index in [0.717, 1.165) is 16.5 Å². The van der Waals surface area contributed by atoms with E-state index in [2.05, 4.69) is 45.8 Å². The second kappa shape index (κ2) is 9.28. The van der Waals surface area contributed by atoms with E-state index in [1.54, 1.807) is 36.7 Å². The van der Waals surface area contributed by atoms with Crippen molar-refractivity contribution < 1.29 is 14.3 Å². The largest absolute Gasteiger partial charge is 0.378 e. The maximum atomic E-state index is 12.6. The van der Waals surface area contributed by atoms with E-state index in [1.165, 1.54) is 6.20 Å². The number of aromatic nitrogens is 7. The molecule has 0 aromatic carbocycles. The molecule has 0 aliphatic carbocycles. The van der Waals surface area contributed by atoms with Crippen molar-refractivity contribution in [3.8, 4) is 22.6 Å². The third-order valence-electron chi connectivity index (χ3n) is 6.13. The van der Waals surface area contributed by atoms with Gasteiger partial charge in [0.25, 0.3) is 5.91 Å². The minimum Gasteiger partial charge on any atom is -0.378 e. The van der Waals surface area contributed by atoms with Gasteiger partial charge in [-0.2, -0.15) is 5.10 Å². The van der Waals surface area contributed by atoms with E-state index in [9.17, 15) is 9.59 Å². The monoisotopic (exact) mass is 498 g/mol. The number of rotatable bonds is 4. The number of aromatic amines is 2. The maximum Gasteiger partial charge on any atom is 0.322 e. The zero-order chi connectivity index (χ0) is 25.4. The number of ether oxygens (including phenoxy) is 1. The van der Waals surface area contributed by atoms with E-state index >= 15 is 0 Å². The highest BCUT2D eigenvalue weighted by molar-refractivity contribution is 6.05. The fourth-order valence-electron chi connectivity index (χ4n) is 4.23. The quantitative estimate of drug-likeness (QED) is 0.292. The van der Waals surface area contributed by atoms with Gasteiger partial charge >= 0.3 is 6.03 Å². The van der Waals surface area contributed by atoms with Crippen LogP contribution in [0.25, 0.3) is 44.7 Å². The lowest BCUT2D eigenvalue weighted by Crippen LogP contribution is -2.43. The lowest BCUT2D eigenvalue weighted by Gasteiger charge is -2.26. The zero-order valence-electron chi connectivity index (χ0n) is 19.8. The molecule has 0 bridgehead atoms. The lowest BCUT2D eigenvalue weighted by atomic mass is 10.1. The van der Waals surface area contributed by atoms with Gasteiger partial charge in [0.1, 0.15) is 11.2 Å². The van der Waals surface area contributed by atoms with Crippen LogP contribution in [0, 0.1) is 0 Å². The van der Waals surface area contributed by atoms with Gasteiger partial charge < -0.3 is 25.3 Å². The van der Waals surface area contributed by atoms with Gasteiger partial charge in [-0.3, -0.25) is 19.9 Å². The number of urea groups is 1. The molecule has 13 nitrogen and oxygen atoms in total. The van der Waals surface area contributed by atoms with Crippen LogP contribution in [0.3, 0.4) is 0 Å². The maximum absolute atomic E-state index is 12.6. The summed E-state index contributed by atoms with van der Waals surface area (Å²) in [5, 5.41) is 13.5. The lowest BCUT2D eigenvalue weighted by molar-refractivity contribution is 0.0564. The van der Waals surface area contributed by atoms with Crippen LogP contribution in [0.2, 0.25) is 0 Å². The minimum atomic E-state index is -0.275. The summed E-state index contributed by atoms with van der Waals surface area (Å²) in [5.74, 6) is 0.224. The first-order valence-electron chi connectivity index (χ1n) is 11.6. The summed E-state index contributed by atoms with van der Waals surface area (Å²) in [6, 6.07) is 3.58. The Labute approximate surface area is 209 Å². The number of H-pyrrole nitrogens is 2. The topological polar surface area (TPSA) is 167 Å². The summed E-state index contributed by atoms with van der Waals surface area (Å²) in [6.07, 6.45) is 8.10. The Morgan fingerprint density at radius 1 is 1.03 bits per heavy atom. The van der Waals surface area contributed by atoms with Crippen LogP contribution in [0.5, 0.6) is 0 Å². The standard InChI is InChI=1S/C24H22N10O3/c1-25-23(35)17-11-27-12-18-19(17)31-22(30-18)20-16-7-14(9-28-21(16)33-32-20)13-6-15(10-26-8-13)29-24(36)34-2-4-37-5-3-34/h6-12H,2-5H2,1H3,(H,25,35)(H,29,36)(H,30,31)(H,28,32,33). The average molecular weight is 499 g/mol. The number of pyridine rings is 3. The SMILES string of the molecule is CNC(=O)c1cncc2[nH]c(-c3[nH]nc4ncc(-c5cncc(NC(=O)N6CCOCC6)c5)cc34)nc12. The van der Waals surface area contributed by atoms with Crippen LogP contribution in [-0.2, 0) is 4.74 Å². The molecule has 37 heavy (non-hydrogen) atoms. The Morgan fingerprint density at radius 2 is 1.84 bits per heavy atom. The first-order chi connectivity index (χ1) is 18.1. The third kappa shape index (κ3) is 4.21. The molecule has 0 atom stereocenters. The molecule has 0 unspecified atom stereocenters. The summed E-state index contributed by atoms with van der Waals surface area (Å²) in [5.41, 5.74) is 4.76. The normalized spacial score (nSPS) is 13.7. The van der Waals surface area contributed by atoms with E-state index in [0.29, 0.717) is 65.8 Å². The summed E-state index contributed by atoms with van der Waals surface area (Å²) in [6.45, 7) is 2.15. The minimum absolute atomic E-state index is 0.191. The van der Waals surface area contributed by atoms with Crippen molar-refractivity contribution in [3.05, 3.63) is 48.7 Å². The van der Waals surface area contributed by atoms with Crippen molar-refractivity contribution in [1.29, 1.82) is 0 Å². The molecule has 6 heterocycles. The molecule has 3 amide bonds. The Kier molecular flexibility index (Phi) is 5.65. The summed E-state index contributed by atoms with van der Waals surface area (Å²) in [4.78, 5) is 47.3. The number of hydrogen-bond donors (Lipinski definition) is 4. The van der Waals surface area contributed by atoms with Gasteiger partial charge in [0.2, 0.25) is 0 Å². The van der Waals surface area contributed by atoms with E-state index in [4.69, 9.17) is 4.74 Å². The van der Waals surface area contributed by atoms with Gasteiger partial charge in [-0.1, -0.05) is 0 Å². The summed E-state index contributed by atoms with van der Waals surface area (Å²) >= 11 is 0. The van der Waals surface area contributed by atoms with Crippen LogP contribution < -0.4 is 10.6 Å². The number of anilines is 1. The zero-order valence-corrected chi connectivity index (χ0v) is 19.8. The molecular weight excluding hydrogens is 476 g/mol. The van der Waals surface area contributed by atoms with Crippen LogP contribution in [0.4, 0.5) is 10.5 Å². The molecule has 5 aromatic rings. The van der Waals surface area contributed by atoms with Crippen molar-refractivity contribution in [2.45, 2.75) is 0 Å². The van der Waals surface area contributed by atoms with Gasteiger partial charge in [0.05, 0.1) is 47.8 Å². The van der Waals surface area contributed by atoms with Crippen LogP contribution in [0.15, 0.2) is 43.1 Å². The second-order valence-electron chi connectivity index (χ2n) is 8.43. The van der Waals surface area contributed by atoms with Crippen molar-refractivity contribution in [2.24, 2.45) is 0 Å². The first kappa shape index (κ1) is 22.5. The first-order valence-corrected chi connectivity index (χ1v) is 11.6. The second-order valence-corrected chi connectivity index (χ2v) is 8.43. The number of fused-ring (bicyclic) bond motifs is 2. The van der Waals surface area contributed by atoms with E-state index in [-0.39, 0.29) is 11.9 Å². The molecule has 1 fully saturated rings. The van der Waals surface area contributed by atoms with Crippen molar-refractivity contribution >= 4 is 39.7 Å². The number of imidazole rings is 1. The highest BCUT2D eigenvalue weighted by atomic mass is 16.5. The van der Waals surface area contributed by atoms with Gasteiger partial charge in [-0.15, -0.1) is 0 Å². The van der Waals surface area contributed by atoms with Crippen LogP contribution in [0.1, 0.15) is 10.4 Å². The predicted molar refractivity (Wildman–Crippen MR) is 135 cm³/mol. The van der Waals surface area contributed by atoms with Crippen LogP contribution >= 0.6 is 0 Å². The molecule has 5 aromatic heterocycles. The molecule has 1 saturated heterocycles. The predicted octanol–water partition coefficient (Wildman–Crippen LogP) is 2.18. The molecule has 13 heteroatoms. The Morgan fingerprint density at radius 3 is 2.68 bits per heavy atom.